The number of para-hydroxylation sites is 1. The summed E-state index contributed by atoms with van der Waals surface area (Å²) < 4.78 is 5.06. The number of hydrogen-bond donors (Lipinski definition) is 2. The smallest absolute Gasteiger partial charge is 0.259 e. The van der Waals surface area contributed by atoms with E-state index in [2.05, 4.69) is 15.8 Å². The van der Waals surface area contributed by atoms with Crippen molar-refractivity contribution >= 4 is 29.4 Å². The van der Waals surface area contributed by atoms with Crippen LogP contribution in [-0.4, -0.2) is 25.8 Å². The number of amides is 1. The Morgan fingerprint density at radius 2 is 1.95 bits per heavy atom. The fraction of sp³-hybridized carbons (Fsp3) is 0.125. The van der Waals surface area contributed by atoms with Gasteiger partial charge in [-0.2, -0.15) is 5.10 Å². The van der Waals surface area contributed by atoms with Crippen LogP contribution in [0.25, 0.3) is 0 Å². The number of anilines is 1. The van der Waals surface area contributed by atoms with Gasteiger partial charge in [0.15, 0.2) is 0 Å². The van der Waals surface area contributed by atoms with Gasteiger partial charge in [0, 0.05) is 0 Å². The van der Waals surface area contributed by atoms with Crippen LogP contribution in [0.1, 0.15) is 5.56 Å². The van der Waals surface area contributed by atoms with Gasteiger partial charge in [-0.25, -0.2) is 5.43 Å². The molecular formula is C16H16ClN3O2. The standard InChI is InChI=1S/C16H16ClN3O2/c1-22-13-8-6-12(7-9-13)10-19-20-16(21)11-18-15-5-3-2-4-14(15)17/h2-10,18H,11H2,1H3,(H,20,21). The van der Waals surface area contributed by atoms with E-state index < -0.39 is 0 Å². The van der Waals surface area contributed by atoms with Crippen molar-refractivity contribution in [1.82, 2.24) is 5.43 Å². The van der Waals surface area contributed by atoms with Gasteiger partial charge in [0.1, 0.15) is 5.75 Å². The summed E-state index contributed by atoms with van der Waals surface area (Å²) in [6.07, 6.45) is 1.56. The SMILES string of the molecule is COc1ccc(C=NNC(=O)CNc2ccccc2Cl)cc1. The van der Waals surface area contributed by atoms with Crippen LogP contribution in [0, 0.1) is 0 Å². The lowest BCUT2D eigenvalue weighted by Crippen LogP contribution is -2.25. The zero-order valence-electron chi connectivity index (χ0n) is 12.0. The lowest BCUT2D eigenvalue weighted by molar-refractivity contribution is -0.119. The van der Waals surface area contributed by atoms with Crippen molar-refractivity contribution in [3.8, 4) is 5.75 Å². The van der Waals surface area contributed by atoms with E-state index in [1.165, 1.54) is 0 Å². The molecule has 0 saturated heterocycles. The van der Waals surface area contributed by atoms with Gasteiger partial charge in [-0.3, -0.25) is 4.79 Å². The first kappa shape index (κ1) is 15.9. The van der Waals surface area contributed by atoms with Gasteiger partial charge in [0.05, 0.1) is 30.6 Å². The number of nitrogens with zero attached hydrogens (tertiary/aromatic N) is 1. The van der Waals surface area contributed by atoms with Crippen LogP contribution in [0.4, 0.5) is 5.69 Å². The van der Waals surface area contributed by atoms with Crippen LogP contribution in [0.5, 0.6) is 5.75 Å². The quantitative estimate of drug-likeness (QED) is 0.636. The zero-order chi connectivity index (χ0) is 15.8. The number of carbonyl (C=O) groups is 1. The van der Waals surface area contributed by atoms with Gasteiger partial charge in [0.25, 0.3) is 5.91 Å². The van der Waals surface area contributed by atoms with Crippen LogP contribution < -0.4 is 15.5 Å². The number of benzene rings is 2. The predicted molar refractivity (Wildman–Crippen MR) is 88.7 cm³/mol. The molecule has 0 fully saturated rings. The minimum atomic E-state index is -0.260. The third-order valence-electron chi connectivity index (χ3n) is 2.83. The average Bonchev–Trinajstić information content (AvgIpc) is 2.55. The van der Waals surface area contributed by atoms with Crippen LogP contribution in [-0.2, 0) is 4.79 Å². The number of rotatable bonds is 6. The minimum absolute atomic E-state index is 0.0870. The second kappa shape index (κ2) is 8.05. The number of carbonyl (C=O) groups excluding carboxylic acids is 1. The highest BCUT2D eigenvalue weighted by Gasteiger charge is 2.02. The molecule has 0 radical (unpaired) electrons. The van der Waals surface area contributed by atoms with E-state index >= 15 is 0 Å². The van der Waals surface area contributed by atoms with E-state index in [0.717, 1.165) is 11.3 Å². The normalized spacial score (nSPS) is 10.5. The molecule has 0 aliphatic heterocycles. The average molecular weight is 318 g/mol. The Kier molecular flexibility index (Phi) is 5.80. The van der Waals surface area contributed by atoms with Gasteiger partial charge in [-0.05, 0) is 42.0 Å². The Hall–Kier alpha value is -2.53. The second-order valence-electron chi connectivity index (χ2n) is 4.40. The molecule has 22 heavy (non-hydrogen) atoms. The summed E-state index contributed by atoms with van der Waals surface area (Å²) in [5, 5.41) is 7.40. The fourth-order valence-electron chi connectivity index (χ4n) is 1.69. The molecule has 0 heterocycles. The second-order valence-corrected chi connectivity index (χ2v) is 4.81. The van der Waals surface area contributed by atoms with Gasteiger partial charge in [0.2, 0.25) is 0 Å². The van der Waals surface area contributed by atoms with Crippen LogP contribution >= 0.6 is 11.6 Å². The third kappa shape index (κ3) is 4.79. The molecule has 0 aliphatic rings. The molecule has 0 bridgehead atoms. The van der Waals surface area contributed by atoms with Gasteiger partial charge >= 0.3 is 0 Å². The van der Waals surface area contributed by atoms with Crippen molar-refractivity contribution in [2.75, 3.05) is 19.0 Å². The first-order valence-corrected chi connectivity index (χ1v) is 7.01. The molecule has 2 aromatic carbocycles. The van der Waals surface area contributed by atoms with Crippen molar-refractivity contribution in [2.24, 2.45) is 5.10 Å². The van der Waals surface area contributed by atoms with Crippen molar-refractivity contribution in [3.05, 3.63) is 59.1 Å². The van der Waals surface area contributed by atoms with Crippen LogP contribution in [0.2, 0.25) is 5.02 Å². The molecule has 2 N–H and O–H groups in total. The van der Waals surface area contributed by atoms with Gasteiger partial charge < -0.3 is 10.1 Å². The highest BCUT2D eigenvalue weighted by atomic mass is 35.5. The number of hydrazone groups is 1. The van der Waals surface area contributed by atoms with Crippen molar-refractivity contribution in [2.45, 2.75) is 0 Å². The molecule has 0 aromatic heterocycles. The molecule has 5 nitrogen and oxygen atoms in total. The predicted octanol–water partition coefficient (Wildman–Crippen LogP) is 2.91. The van der Waals surface area contributed by atoms with E-state index in [1.807, 2.05) is 36.4 Å². The van der Waals surface area contributed by atoms with E-state index in [9.17, 15) is 4.79 Å². The largest absolute Gasteiger partial charge is 0.497 e. The van der Waals surface area contributed by atoms with Crippen molar-refractivity contribution in [1.29, 1.82) is 0 Å². The molecule has 0 aliphatic carbocycles. The highest BCUT2D eigenvalue weighted by Crippen LogP contribution is 2.19. The monoisotopic (exact) mass is 317 g/mol. The first-order chi connectivity index (χ1) is 10.7. The lowest BCUT2D eigenvalue weighted by atomic mass is 10.2. The maximum atomic E-state index is 11.7. The van der Waals surface area contributed by atoms with Crippen LogP contribution in [0.15, 0.2) is 53.6 Å². The Morgan fingerprint density at radius 3 is 2.64 bits per heavy atom. The molecule has 1 amide bonds. The number of halogens is 1. The Balaban J connectivity index is 1.79. The summed E-state index contributed by atoms with van der Waals surface area (Å²) in [7, 11) is 1.61. The summed E-state index contributed by atoms with van der Waals surface area (Å²) in [6.45, 7) is 0.0870. The molecule has 114 valence electrons. The number of methoxy groups -OCH3 is 1. The summed E-state index contributed by atoms with van der Waals surface area (Å²) >= 11 is 5.98. The molecular weight excluding hydrogens is 302 g/mol. The maximum absolute atomic E-state index is 11.7. The fourth-order valence-corrected chi connectivity index (χ4v) is 1.89. The van der Waals surface area contributed by atoms with E-state index in [1.54, 1.807) is 25.5 Å². The summed E-state index contributed by atoms with van der Waals surface area (Å²) in [4.78, 5) is 11.7. The first-order valence-electron chi connectivity index (χ1n) is 6.63. The molecule has 6 heteroatoms. The highest BCUT2D eigenvalue weighted by molar-refractivity contribution is 6.33. The summed E-state index contributed by atoms with van der Waals surface area (Å²) in [6, 6.07) is 14.6. The lowest BCUT2D eigenvalue weighted by Gasteiger charge is -2.06. The molecule has 2 rings (SSSR count). The van der Waals surface area contributed by atoms with E-state index in [4.69, 9.17) is 16.3 Å². The number of nitrogens with one attached hydrogen (secondary N) is 2. The van der Waals surface area contributed by atoms with Crippen LogP contribution in [0.3, 0.4) is 0 Å². The number of hydrogen-bond acceptors (Lipinski definition) is 4. The molecule has 2 aromatic rings. The van der Waals surface area contributed by atoms with Gasteiger partial charge in [-0.15, -0.1) is 0 Å². The van der Waals surface area contributed by atoms with Crippen molar-refractivity contribution in [3.63, 3.8) is 0 Å². The van der Waals surface area contributed by atoms with Gasteiger partial charge in [-0.1, -0.05) is 23.7 Å². The van der Waals surface area contributed by atoms with Crippen molar-refractivity contribution < 1.29 is 9.53 Å². The maximum Gasteiger partial charge on any atom is 0.259 e. The van der Waals surface area contributed by atoms with E-state index in [-0.39, 0.29) is 12.5 Å². The summed E-state index contributed by atoms with van der Waals surface area (Å²) in [5.41, 5.74) is 4.01. The Labute approximate surface area is 133 Å². The van der Waals surface area contributed by atoms with E-state index in [0.29, 0.717) is 10.7 Å². The zero-order valence-corrected chi connectivity index (χ0v) is 12.8. The summed E-state index contributed by atoms with van der Waals surface area (Å²) in [5.74, 6) is 0.509. The molecule has 0 unspecified atom stereocenters. The third-order valence-corrected chi connectivity index (χ3v) is 3.16. The molecule has 0 spiro atoms. The number of ether oxygens (including phenoxy) is 1. The topological polar surface area (TPSA) is 62.7 Å². The minimum Gasteiger partial charge on any atom is -0.497 e. The Morgan fingerprint density at radius 1 is 1.23 bits per heavy atom. The Bertz CT molecular complexity index is 657. The molecule has 0 saturated carbocycles. The molecule has 0 atom stereocenters.